The third-order valence-corrected chi connectivity index (χ3v) is 2.61. The van der Waals surface area contributed by atoms with Gasteiger partial charge in [-0.15, -0.1) is 0 Å². The third kappa shape index (κ3) is 3.93. The molecule has 6 heteroatoms. The Labute approximate surface area is 115 Å². The van der Waals surface area contributed by atoms with Gasteiger partial charge in [0.05, 0.1) is 6.54 Å². The number of nitrogens with one attached hydrogen (secondary N) is 1. The Hall–Kier alpha value is -2.14. The molecule has 0 radical (unpaired) electrons. The van der Waals surface area contributed by atoms with Crippen LogP contribution in [0.4, 0.5) is 0 Å². The van der Waals surface area contributed by atoms with Crippen molar-refractivity contribution in [3.63, 3.8) is 0 Å². The molecule has 0 unspecified atom stereocenters. The fourth-order valence-corrected chi connectivity index (χ4v) is 1.65. The van der Waals surface area contributed by atoms with Crippen LogP contribution in [0.3, 0.4) is 0 Å². The van der Waals surface area contributed by atoms with Crippen molar-refractivity contribution in [3.05, 3.63) is 58.9 Å². The second-order valence-electron chi connectivity index (χ2n) is 3.96. The minimum absolute atomic E-state index is 0.205. The highest BCUT2D eigenvalue weighted by molar-refractivity contribution is 6.29. The molecule has 0 spiro atoms. The van der Waals surface area contributed by atoms with Gasteiger partial charge in [-0.25, -0.2) is 10.4 Å². The van der Waals surface area contributed by atoms with Crippen LogP contribution in [0, 0.1) is 0 Å². The lowest BCUT2D eigenvalue weighted by Crippen LogP contribution is -2.25. The summed E-state index contributed by atoms with van der Waals surface area (Å²) in [6.07, 6.45) is 3.60. The highest BCUT2D eigenvalue weighted by Crippen LogP contribution is 2.05. The zero-order valence-electron chi connectivity index (χ0n) is 10.4. The maximum absolute atomic E-state index is 10.9. The van der Waals surface area contributed by atoms with E-state index in [4.69, 9.17) is 11.6 Å². The Balaban J connectivity index is 2.27. The number of carbonyl (C=O) groups excluding carboxylic acids is 1. The summed E-state index contributed by atoms with van der Waals surface area (Å²) < 4.78 is 1.90. The van der Waals surface area contributed by atoms with Gasteiger partial charge in [-0.05, 0) is 23.8 Å². The van der Waals surface area contributed by atoms with Crippen molar-refractivity contribution in [1.29, 1.82) is 0 Å². The molecule has 2 rings (SSSR count). The molecule has 1 amide bonds. The number of carbonyl (C=O) groups is 1. The first-order valence-electron chi connectivity index (χ1n) is 5.71. The van der Waals surface area contributed by atoms with Crippen LogP contribution in [0.2, 0.25) is 5.15 Å². The number of rotatable bonds is 3. The molecule has 2 heterocycles. The van der Waals surface area contributed by atoms with E-state index in [1.54, 1.807) is 12.3 Å². The molecule has 1 N–H and O–H groups in total. The number of pyridine rings is 2. The van der Waals surface area contributed by atoms with Crippen molar-refractivity contribution >= 4 is 17.5 Å². The van der Waals surface area contributed by atoms with E-state index in [9.17, 15) is 4.79 Å². The largest absolute Gasteiger partial charge is 0.327 e. The topological polar surface area (TPSA) is 59.3 Å². The molecule has 0 aliphatic carbocycles. The lowest BCUT2D eigenvalue weighted by atomic mass is 10.3. The molecule has 0 saturated carbocycles. The van der Waals surface area contributed by atoms with Gasteiger partial charge in [0.1, 0.15) is 5.15 Å². The summed E-state index contributed by atoms with van der Waals surface area (Å²) in [4.78, 5) is 14.9. The summed E-state index contributed by atoms with van der Waals surface area (Å²) in [5.41, 5.74) is 4.09. The van der Waals surface area contributed by atoms with Gasteiger partial charge in [-0.3, -0.25) is 4.79 Å². The van der Waals surface area contributed by atoms with Gasteiger partial charge in [-0.1, -0.05) is 23.7 Å². The summed E-state index contributed by atoms with van der Waals surface area (Å²) in [6.45, 7) is 2.02. The molecule has 98 valence electrons. The second kappa shape index (κ2) is 6.15. The van der Waals surface area contributed by atoms with Crippen LogP contribution in [0.1, 0.15) is 12.5 Å². The van der Waals surface area contributed by atoms with E-state index in [2.05, 4.69) is 15.5 Å². The second-order valence-corrected chi connectivity index (χ2v) is 4.34. The quantitative estimate of drug-likeness (QED) is 0.683. The molecule has 19 heavy (non-hydrogen) atoms. The first-order valence-corrected chi connectivity index (χ1v) is 6.09. The van der Waals surface area contributed by atoms with E-state index in [0.29, 0.717) is 17.2 Å². The molecule has 2 aromatic heterocycles. The van der Waals surface area contributed by atoms with E-state index in [0.717, 1.165) is 5.56 Å². The smallest absolute Gasteiger partial charge is 0.237 e. The SMILES string of the molecule is CC(=O)NN=c1ccccn1Cc1ccc(Cl)nc1. The fourth-order valence-electron chi connectivity index (χ4n) is 1.54. The molecular weight excluding hydrogens is 264 g/mol. The molecule has 2 aromatic rings. The van der Waals surface area contributed by atoms with Crippen molar-refractivity contribution in [2.45, 2.75) is 13.5 Å². The number of nitrogens with zero attached hydrogens (tertiary/aromatic N) is 3. The summed E-state index contributed by atoms with van der Waals surface area (Å²) in [5, 5.41) is 4.50. The minimum Gasteiger partial charge on any atom is -0.327 e. The number of aromatic nitrogens is 2. The molecule has 0 fully saturated rings. The van der Waals surface area contributed by atoms with Crippen molar-refractivity contribution in [1.82, 2.24) is 15.0 Å². The van der Waals surface area contributed by atoms with Crippen LogP contribution in [0.15, 0.2) is 47.8 Å². The van der Waals surface area contributed by atoms with Crippen LogP contribution >= 0.6 is 11.6 Å². The normalized spacial score (nSPS) is 11.4. The molecular formula is C13H13ClN4O. The van der Waals surface area contributed by atoms with Crippen molar-refractivity contribution in [2.24, 2.45) is 5.10 Å². The van der Waals surface area contributed by atoms with Crippen molar-refractivity contribution in [2.75, 3.05) is 0 Å². The minimum atomic E-state index is -0.205. The zero-order chi connectivity index (χ0) is 13.7. The van der Waals surface area contributed by atoms with Gasteiger partial charge >= 0.3 is 0 Å². The van der Waals surface area contributed by atoms with Crippen LogP contribution in [-0.2, 0) is 11.3 Å². The Morgan fingerprint density at radius 1 is 1.42 bits per heavy atom. The summed E-state index contributed by atoms with van der Waals surface area (Å²) in [5.74, 6) is -0.205. The molecule has 0 saturated heterocycles. The highest BCUT2D eigenvalue weighted by atomic mass is 35.5. The average molecular weight is 277 g/mol. The standard InChI is InChI=1S/C13H13ClN4O/c1-10(19)16-17-13-4-2-3-7-18(13)9-11-5-6-12(14)15-8-11/h2-8H,9H2,1H3,(H,16,19). The number of hydrogen-bond acceptors (Lipinski definition) is 3. The summed E-state index contributed by atoms with van der Waals surface area (Å²) >= 11 is 5.75. The maximum Gasteiger partial charge on any atom is 0.237 e. The monoisotopic (exact) mass is 276 g/mol. The van der Waals surface area contributed by atoms with E-state index < -0.39 is 0 Å². The number of amides is 1. The Morgan fingerprint density at radius 2 is 2.26 bits per heavy atom. The molecule has 0 aromatic carbocycles. The first-order chi connectivity index (χ1) is 9.15. The number of halogens is 1. The molecule has 0 bridgehead atoms. The third-order valence-electron chi connectivity index (χ3n) is 2.39. The van der Waals surface area contributed by atoms with Gasteiger partial charge in [0.15, 0.2) is 5.49 Å². The molecule has 5 nitrogen and oxygen atoms in total. The highest BCUT2D eigenvalue weighted by Gasteiger charge is 1.97. The van der Waals surface area contributed by atoms with Gasteiger partial charge in [-0.2, -0.15) is 5.10 Å². The maximum atomic E-state index is 10.9. The van der Waals surface area contributed by atoms with Crippen molar-refractivity contribution < 1.29 is 4.79 Å². The van der Waals surface area contributed by atoms with Crippen LogP contribution in [0.25, 0.3) is 0 Å². The molecule has 0 aliphatic rings. The Morgan fingerprint density at radius 3 is 2.95 bits per heavy atom. The summed E-state index contributed by atoms with van der Waals surface area (Å²) in [7, 11) is 0. The molecule has 0 aliphatic heterocycles. The van der Waals surface area contributed by atoms with Gasteiger partial charge in [0.2, 0.25) is 5.91 Å². The zero-order valence-corrected chi connectivity index (χ0v) is 11.1. The molecule has 0 atom stereocenters. The van der Waals surface area contributed by atoms with Crippen molar-refractivity contribution in [3.8, 4) is 0 Å². The van der Waals surface area contributed by atoms with Crippen LogP contribution in [0.5, 0.6) is 0 Å². The Kier molecular flexibility index (Phi) is 4.30. The van der Waals surface area contributed by atoms with E-state index in [1.807, 2.05) is 35.0 Å². The predicted octanol–water partition coefficient (Wildman–Crippen LogP) is 1.54. The van der Waals surface area contributed by atoms with E-state index in [1.165, 1.54) is 6.92 Å². The van der Waals surface area contributed by atoms with Gasteiger partial charge in [0.25, 0.3) is 0 Å². The number of hydrogen-bond donors (Lipinski definition) is 1. The predicted molar refractivity (Wildman–Crippen MR) is 72.2 cm³/mol. The van der Waals surface area contributed by atoms with Gasteiger partial charge in [0, 0.05) is 19.3 Å². The lowest BCUT2D eigenvalue weighted by Gasteiger charge is -2.07. The Bertz CT molecular complexity index is 634. The fraction of sp³-hybridized carbons (Fsp3) is 0.154. The van der Waals surface area contributed by atoms with Crippen LogP contribution < -0.4 is 10.9 Å². The van der Waals surface area contributed by atoms with E-state index >= 15 is 0 Å². The van der Waals surface area contributed by atoms with E-state index in [-0.39, 0.29) is 5.91 Å². The average Bonchev–Trinajstić information content (AvgIpc) is 2.40. The van der Waals surface area contributed by atoms with Crippen LogP contribution in [-0.4, -0.2) is 15.5 Å². The van der Waals surface area contributed by atoms with Gasteiger partial charge < -0.3 is 4.57 Å². The first kappa shape index (κ1) is 13.3. The lowest BCUT2D eigenvalue weighted by molar-refractivity contribution is -0.119. The summed E-state index contributed by atoms with van der Waals surface area (Å²) in [6, 6.07) is 9.22.